The molecule has 0 aromatic carbocycles. The summed E-state index contributed by atoms with van der Waals surface area (Å²) in [7, 11) is 2.79. The Hall–Kier alpha value is -2.36. The van der Waals surface area contributed by atoms with Gasteiger partial charge in [0, 0.05) is 19.5 Å². The number of nitrogens with zero attached hydrogens (tertiary/aromatic N) is 1. The topological polar surface area (TPSA) is 126 Å². The van der Waals surface area contributed by atoms with Crippen molar-refractivity contribution in [3.8, 4) is 0 Å². The maximum atomic E-state index is 13.0. The minimum Gasteiger partial charge on any atom is -0.444 e. The molecule has 4 amide bonds. The molecule has 0 bridgehead atoms. The first-order chi connectivity index (χ1) is 14.0. The van der Waals surface area contributed by atoms with E-state index in [2.05, 4.69) is 16.0 Å². The Balaban J connectivity index is 2.08. The molecule has 1 saturated heterocycles. The Bertz CT molecular complexity index is 658. The molecule has 1 aliphatic carbocycles. The zero-order valence-electron chi connectivity index (χ0n) is 18.4. The van der Waals surface area contributed by atoms with E-state index in [4.69, 9.17) is 9.57 Å². The van der Waals surface area contributed by atoms with Gasteiger partial charge < -0.3 is 20.7 Å². The lowest BCUT2D eigenvalue weighted by Gasteiger charge is -2.27. The number of nitrogens with one attached hydrogen (secondary N) is 3. The van der Waals surface area contributed by atoms with Gasteiger partial charge in [-0.25, -0.2) is 9.86 Å². The molecule has 3 N–H and O–H groups in total. The average Bonchev–Trinajstić information content (AvgIpc) is 3.38. The Morgan fingerprint density at radius 1 is 1.13 bits per heavy atom. The minimum atomic E-state index is -0.946. The highest BCUT2D eigenvalue weighted by Gasteiger charge is 2.36. The molecule has 0 unspecified atom stereocenters. The van der Waals surface area contributed by atoms with Crippen molar-refractivity contribution in [2.75, 3.05) is 20.7 Å². The van der Waals surface area contributed by atoms with Crippen LogP contribution in [0.15, 0.2) is 0 Å². The molecular formula is C20H34N4O6. The first-order valence-electron chi connectivity index (χ1n) is 10.4. The van der Waals surface area contributed by atoms with Gasteiger partial charge in [0.05, 0.1) is 7.11 Å². The molecule has 10 heteroatoms. The Morgan fingerprint density at radius 3 is 2.30 bits per heavy atom. The van der Waals surface area contributed by atoms with Crippen molar-refractivity contribution in [2.45, 2.75) is 70.6 Å². The van der Waals surface area contributed by atoms with E-state index >= 15 is 0 Å². The fraction of sp³-hybridized carbons (Fsp3) is 0.800. The molecule has 2 rings (SSSR count). The molecule has 0 spiro atoms. The van der Waals surface area contributed by atoms with Crippen molar-refractivity contribution in [2.24, 2.45) is 11.8 Å². The summed E-state index contributed by atoms with van der Waals surface area (Å²) >= 11 is 0. The fourth-order valence-electron chi connectivity index (χ4n) is 3.33. The number of likely N-dealkylation sites (N-methyl/N-ethyl adjacent to an activating group) is 1. The first-order valence-corrected chi connectivity index (χ1v) is 10.4. The maximum absolute atomic E-state index is 13.0. The van der Waals surface area contributed by atoms with Crippen LogP contribution in [0.2, 0.25) is 0 Å². The second-order valence-electron chi connectivity index (χ2n) is 8.97. The summed E-state index contributed by atoms with van der Waals surface area (Å²) in [5.74, 6) is -1.09. The lowest BCUT2D eigenvalue weighted by molar-refractivity contribution is -0.172. The summed E-state index contributed by atoms with van der Waals surface area (Å²) in [6.07, 6.45) is 2.53. The highest BCUT2D eigenvalue weighted by atomic mass is 16.7. The zero-order chi connectivity index (χ0) is 22.5. The zero-order valence-corrected chi connectivity index (χ0v) is 18.4. The number of amides is 4. The van der Waals surface area contributed by atoms with Crippen LogP contribution in [0.1, 0.15) is 52.9 Å². The first kappa shape index (κ1) is 23.9. The number of rotatable bonds is 9. The van der Waals surface area contributed by atoms with Gasteiger partial charge in [-0.1, -0.05) is 12.8 Å². The fourth-order valence-corrected chi connectivity index (χ4v) is 3.33. The van der Waals surface area contributed by atoms with Gasteiger partial charge in [-0.3, -0.25) is 19.2 Å². The number of alkyl carbamates (subject to hydrolysis) is 1. The quantitative estimate of drug-likeness (QED) is 0.466. The normalized spacial score (nSPS) is 20.7. The lowest BCUT2D eigenvalue weighted by Crippen LogP contribution is -2.55. The van der Waals surface area contributed by atoms with Gasteiger partial charge in [0.2, 0.25) is 11.8 Å². The largest absolute Gasteiger partial charge is 0.444 e. The number of hydroxylamine groups is 2. The van der Waals surface area contributed by atoms with E-state index in [9.17, 15) is 19.2 Å². The highest BCUT2D eigenvalue weighted by molar-refractivity contribution is 5.91. The van der Waals surface area contributed by atoms with Gasteiger partial charge in [0.25, 0.3) is 5.91 Å². The van der Waals surface area contributed by atoms with E-state index in [1.165, 1.54) is 14.2 Å². The number of carbonyl (C=O) groups excluding carboxylic acids is 4. The number of carbonyl (C=O) groups is 4. The van der Waals surface area contributed by atoms with Crippen LogP contribution in [-0.2, 0) is 24.0 Å². The van der Waals surface area contributed by atoms with Crippen LogP contribution in [0.4, 0.5) is 4.79 Å². The lowest BCUT2D eigenvalue weighted by atomic mass is 9.97. The van der Waals surface area contributed by atoms with Crippen molar-refractivity contribution in [1.82, 2.24) is 21.0 Å². The summed E-state index contributed by atoms with van der Waals surface area (Å²) in [4.78, 5) is 54.9. The van der Waals surface area contributed by atoms with Crippen LogP contribution in [0, 0.1) is 11.8 Å². The average molecular weight is 427 g/mol. The van der Waals surface area contributed by atoms with E-state index in [0.717, 1.165) is 17.9 Å². The molecular weight excluding hydrogens is 392 g/mol. The monoisotopic (exact) mass is 426 g/mol. The molecule has 0 radical (unpaired) electrons. The number of hydrogen-bond acceptors (Lipinski definition) is 6. The molecule has 2 fully saturated rings. The standard InChI is InChI=1S/C20H34N4O6/c1-20(2,3)30-19(28)23-14(10-12-6-7-12)17(26)22-15(18(27)24(4)29-5)11-13-8-9-21-16(13)25/h12-15H,6-11H2,1-5H3,(H,21,25)(H,22,26)(H,23,28)/t13-,14-,15-/m0/s1. The van der Waals surface area contributed by atoms with Crippen molar-refractivity contribution in [3.63, 3.8) is 0 Å². The van der Waals surface area contributed by atoms with Gasteiger partial charge in [0.15, 0.2) is 0 Å². The van der Waals surface area contributed by atoms with Gasteiger partial charge in [-0.15, -0.1) is 0 Å². The van der Waals surface area contributed by atoms with E-state index in [1.807, 2.05) is 0 Å². The summed E-state index contributed by atoms with van der Waals surface area (Å²) in [6, 6.07) is -1.77. The molecule has 1 aliphatic heterocycles. The highest BCUT2D eigenvalue weighted by Crippen LogP contribution is 2.33. The van der Waals surface area contributed by atoms with Crippen LogP contribution in [0.5, 0.6) is 0 Å². The molecule has 170 valence electrons. The molecule has 3 atom stereocenters. The van der Waals surface area contributed by atoms with E-state index in [1.54, 1.807) is 20.8 Å². The van der Waals surface area contributed by atoms with Crippen LogP contribution < -0.4 is 16.0 Å². The van der Waals surface area contributed by atoms with E-state index in [0.29, 0.717) is 25.3 Å². The summed E-state index contributed by atoms with van der Waals surface area (Å²) in [5.41, 5.74) is -0.694. The maximum Gasteiger partial charge on any atom is 0.408 e. The third-order valence-electron chi connectivity index (χ3n) is 5.16. The predicted molar refractivity (Wildman–Crippen MR) is 108 cm³/mol. The second-order valence-corrected chi connectivity index (χ2v) is 8.97. The predicted octanol–water partition coefficient (Wildman–Crippen LogP) is 0.711. The Labute approximate surface area is 177 Å². The van der Waals surface area contributed by atoms with Gasteiger partial charge in [0.1, 0.15) is 17.7 Å². The molecule has 1 heterocycles. The van der Waals surface area contributed by atoms with Gasteiger partial charge >= 0.3 is 6.09 Å². The van der Waals surface area contributed by atoms with Crippen molar-refractivity contribution >= 4 is 23.8 Å². The van der Waals surface area contributed by atoms with Crippen molar-refractivity contribution < 1.29 is 28.8 Å². The summed E-state index contributed by atoms with van der Waals surface area (Å²) in [5, 5.41) is 9.10. The molecule has 10 nitrogen and oxygen atoms in total. The number of hydrogen-bond donors (Lipinski definition) is 3. The van der Waals surface area contributed by atoms with E-state index in [-0.39, 0.29) is 18.2 Å². The smallest absolute Gasteiger partial charge is 0.408 e. The molecule has 1 saturated carbocycles. The molecule has 2 aliphatic rings. The van der Waals surface area contributed by atoms with Gasteiger partial charge in [-0.2, -0.15) is 0 Å². The SMILES string of the molecule is CON(C)C(=O)[C@H](C[C@@H]1CCNC1=O)NC(=O)[C@H](CC1CC1)NC(=O)OC(C)(C)C. The van der Waals surface area contributed by atoms with Crippen LogP contribution >= 0.6 is 0 Å². The third-order valence-corrected chi connectivity index (χ3v) is 5.16. The molecule has 0 aromatic heterocycles. The Morgan fingerprint density at radius 2 is 1.80 bits per heavy atom. The summed E-state index contributed by atoms with van der Waals surface area (Å²) < 4.78 is 5.27. The van der Waals surface area contributed by atoms with Crippen LogP contribution in [0.3, 0.4) is 0 Å². The Kier molecular flexibility index (Phi) is 8.05. The van der Waals surface area contributed by atoms with E-state index < -0.39 is 35.6 Å². The van der Waals surface area contributed by atoms with Crippen molar-refractivity contribution in [3.05, 3.63) is 0 Å². The number of ether oxygens (including phenoxy) is 1. The third kappa shape index (κ3) is 7.47. The summed E-state index contributed by atoms with van der Waals surface area (Å²) in [6.45, 7) is 5.77. The van der Waals surface area contributed by atoms with Crippen LogP contribution in [-0.4, -0.2) is 67.3 Å². The van der Waals surface area contributed by atoms with Crippen molar-refractivity contribution in [1.29, 1.82) is 0 Å². The molecule has 0 aromatic rings. The van der Waals surface area contributed by atoms with Crippen LogP contribution in [0.25, 0.3) is 0 Å². The second kappa shape index (κ2) is 10.1. The molecule has 30 heavy (non-hydrogen) atoms. The van der Waals surface area contributed by atoms with Gasteiger partial charge in [-0.05, 0) is 46.0 Å². The minimum absolute atomic E-state index is 0.136.